The van der Waals surface area contributed by atoms with Crippen LogP contribution in [0.25, 0.3) is 0 Å². The van der Waals surface area contributed by atoms with E-state index < -0.39 is 0 Å². The van der Waals surface area contributed by atoms with E-state index in [9.17, 15) is 4.79 Å². The van der Waals surface area contributed by atoms with Gasteiger partial charge in [0.25, 0.3) is 5.91 Å². The third kappa shape index (κ3) is 4.20. The van der Waals surface area contributed by atoms with Crippen LogP contribution in [-0.4, -0.2) is 17.6 Å². The minimum absolute atomic E-state index is 0.0419. The first-order valence-electron chi connectivity index (χ1n) is 6.77. The molecule has 2 N–H and O–H groups in total. The zero-order valence-electron chi connectivity index (χ0n) is 11.9. The maximum atomic E-state index is 12.2. The zero-order chi connectivity index (χ0) is 15.1. The number of para-hydroxylation sites is 1. The van der Waals surface area contributed by atoms with E-state index in [0.29, 0.717) is 12.0 Å². The standard InChI is InChI=1S/C18H17NO2/c1-14-10-11-16(13-15(14)7-5-6-12-20)18(21)19-17-8-3-2-4-9-17/h2-4,8-11,13,20H,6,12H2,1H3,(H,19,21). The molecule has 0 heterocycles. The summed E-state index contributed by atoms with van der Waals surface area (Å²) in [6.07, 6.45) is 0.430. The maximum Gasteiger partial charge on any atom is 0.255 e. The predicted octanol–water partition coefficient (Wildman–Crippen LogP) is 2.98. The van der Waals surface area contributed by atoms with Crippen molar-refractivity contribution in [2.24, 2.45) is 0 Å². The monoisotopic (exact) mass is 279 g/mol. The molecule has 3 heteroatoms. The Balaban J connectivity index is 2.19. The highest BCUT2D eigenvalue weighted by molar-refractivity contribution is 6.04. The average molecular weight is 279 g/mol. The van der Waals surface area contributed by atoms with E-state index in [1.165, 1.54) is 0 Å². The van der Waals surface area contributed by atoms with E-state index in [4.69, 9.17) is 5.11 Å². The summed E-state index contributed by atoms with van der Waals surface area (Å²) in [5.74, 6) is 5.70. The van der Waals surface area contributed by atoms with Gasteiger partial charge in [0.2, 0.25) is 0 Å². The van der Waals surface area contributed by atoms with Crippen LogP contribution in [0.15, 0.2) is 48.5 Å². The first-order valence-corrected chi connectivity index (χ1v) is 6.77. The van der Waals surface area contributed by atoms with Gasteiger partial charge in [-0.1, -0.05) is 36.1 Å². The van der Waals surface area contributed by atoms with Crippen molar-refractivity contribution in [3.63, 3.8) is 0 Å². The van der Waals surface area contributed by atoms with Crippen molar-refractivity contribution in [3.8, 4) is 11.8 Å². The lowest BCUT2D eigenvalue weighted by Crippen LogP contribution is -2.12. The second kappa shape index (κ2) is 7.28. The van der Waals surface area contributed by atoms with Crippen LogP contribution in [0.4, 0.5) is 5.69 Å². The van der Waals surface area contributed by atoms with E-state index >= 15 is 0 Å². The summed E-state index contributed by atoms with van der Waals surface area (Å²) in [5.41, 5.74) is 3.15. The number of benzene rings is 2. The van der Waals surface area contributed by atoms with Gasteiger partial charge in [0.1, 0.15) is 0 Å². The van der Waals surface area contributed by atoms with Crippen LogP contribution in [0, 0.1) is 18.8 Å². The third-order valence-corrected chi connectivity index (χ3v) is 2.99. The fraction of sp³-hybridized carbons (Fsp3) is 0.167. The SMILES string of the molecule is Cc1ccc(C(=O)Nc2ccccc2)cc1C#CCCO. The summed E-state index contributed by atoms with van der Waals surface area (Å²) in [4.78, 5) is 12.2. The Morgan fingerprint density at radius 1 is 1.19 bits per heavy atom. The number of aliphatic hydroxyl groups is 1. The minimum Gasteiger partial charge on any atom is -0.395 e. The van der Waals surface area contributed by atoms with Gasteiger partial charge in [0, 0.05) is 23.2 Å². The van der Waals surface area contributed by atoms with Gasteiger partial charge in [-0.05, 0) is 36.8 Å². The van der Waals surface area contributed by atoms with E-state index in [0.717, 1.165) is 16.8 Å². The lowest BCUT2D eigenvalue weighted by molar-refractivity contribution is 0.102. The molecule has 2 rings (SSSR count). The second-order valence-corrected chi connectivity index (χ2v) is 4.63. The molecule has 0 fully saturated rings. The van der Waals surface area contributed by atoms with E-state index in [1.807, 2.05) is 43.3 Å². The van der Waals surface area contributed by atoms with Gasteiger partial charge in [-0.25, -0.2) is 0 Å². The highest BCUT2D eigenvalue weighted by atomic mass is 16.2. The smallest absolute Gasteiger partial charge is 0.255 e. The number of carbonyl (C=O) groups is 1. The van der Waals surface area contributed by atoms with Crippen LogP contribution in [0.2, 0.25) is 0 Å². The van der Waals surface area contributed by atoms with Gasteiger partial charge in [0.05, 0.1) is 6.61 Å². The molecule has 1 amide bonds. The van der Waals surface area contributed by atoms with Crippen LogP contribution >= 0.6 is 0 Å². The predicted molar refractivity (Wildman–Crippen MR) is 84.2 cm³/mol. The fourth-order valence-electron chi connectivity index (χ4n) is 1.84. The number of aliphatic hydroxyl groups excluding tert-OH is 1. The van der Waals surface area contributed by atoms with E-state index in [2.05, 4.69) is 17.2 Å². The molecule has 0 saturated carbocycles. The molecule has 0 radical (unpaired) electrons. The number of aryl methyl sites for hydroxylation is 1. The summed E-state index contributed by atoms with van der Waals surface area (Å²) in [5, 5.41) is 11.6. The zero-order valence-corrected chi connectivity index (χ0v) is 11.9. The molecule has 0 spiro atoms. The number of hydrogen-bond acceptors (Lipinski definition) is 2. The molecule has 21 heavy (non-hydrogen) atoms. The van der Waals surface area contributed by atoms with Gasteiger partial charge in [-0.15, -0.1) is 0 Å². The Morgan fingerprint density at radius 3 is 2.67 bits per heavy atom. The topological polar surface area (TPSA) is 49.3 Å². The Morgan fingerprint density at radius 2 is 1.95 bits per heavy atom. The lowest BCUT2D eigenvalue weighted by Gasteiger charge is -2.06. The molecule has 3 nitrogen and oxygen atoms in total. The number of rotatable bonds is 3. The Kier molecular flexibility index (Phi) is 5.14. The largest absolute Gasteiger partial charge is 0.395 e. The van der Waals surface area contributed by atoms with Gasteiger partial charge >= 0.3 is 0 Å². The lowest BCUT2D eigenvalue weighted by atomic mass is 10.0. The molecule has 0 bridgehead atoms. The van der Waals surface area contributed by atoms with E-state index in [-0.39, 0.29) is 12.5 Å². The molecular weight excluding hydrogens is 262 g/mol. The summed E-state index contributed by atoms with van der Waals surface area (Å²) in [7, 11) is 0. The van der Waals surface area contributed by atoms with Crippen molar-refractivity contribution in [1.29, 1.82) is 0 Å². The number of nitrogens with one attached hydrogen (secondary N) is 1. The summed E-state index contributed by atoms with van der Waals surface area (Å²) >= 11 is 0. The van der Waals surface area contributed by atoms with Crippen LogP contribution in [-0.2, 0) is 0 Å². The fourth-order valence-corrected chi connectivity index (χ4v) is 1.84. The highest BCUT2D eigenvalue weighted by Gasteiger charge is 2.07. The number of amides is 1. The molecule has 0 aliphatic heterocycles. The summed E-state index contributed by atoms with van der Waals surface area (Å²) in [6.45, 7) is 1.99. The molecule has 106 valence electrons. The molecule has 0 aliphatic carbocycles. The van der Waals surface area contributed by atoms with Crippen molar-refractivity contribution < 1.29 is 9.90 Å². The number of carbonyl (C=O) groups excluding carboxylic acids is 1. The molecule has 0 aromatic heterocycles. The highest BCUT2D eigenvalue weighted by Crippen LogP contribution is 2.13. The number of hydrogen-bond donors (Lipinski definition) is 2. The second-order valence-electron chi connectivity index (χ2n) is 4.63. The molecule has 0 atom stereocenters. The van der Waals surface area contributed by atoms with Crippen LogP contribution in [0.1, 0.15) is 27.9 Å². The van der Waals surface area contributed by atoms with Crippen molar-refractivity contribution in [2.45, 2.75) is 13.3 Å². The van der Waals surface area contributed by atoms with Crippen molar-refractivity contribution in [2.75, 3.05) is 11.9 Å². The van der Waals surface area contributed by atoms with Crippen molar-refractivity contribution in [1.82, 2.24) is 0 Å². The molecule has 0 aliphatic rings. The molecular formula is C18H17NO2. The Bertz CT molecular complexity index is 681. The Labute approximate surface area is 124 Å². The normalized spacial score (nSPS) is 9.62. The van der Waals surface area contributed by atoms with Gasteiger partial charge in [0.15, 0.2) is 0 Å². The first-order chi connectivity index (χ1) is 10.2. The van der Waals surface area contributed by atoms with Crippen molar-refractivity contribution >= 4 is 11.6 Å². The van der Waals surface area contributed by atoms with Gasteiger partial charge in [-0.3, -0.25) is 4.79 Å². The molecule has 2 aromatic rings. The first kappa shape index (κ1) is 14.8. The molecule has 0 saturated heterocycles. The minimum atomic E-state index is -0.161. The molecule has 2 aromatic carbocycles. The van der Waals surface area contributed by atoms with Crippen LogP contribution < -0.4 is 5.32 Å². The van der Waals surface area contributed by atoms with Crippen molar-refractivity contribution in [3.05, 3.63) is 65.2 Å². The number of anilines is 1. The Hall–Kier alpha value is -2.57. The van der Waals surface area contributed by atoms with Crippen LogP contribution in [0.5, 0.6) is 0 Å². The van der Waals surface area contributed by atoms with Gasteiger partial charge < -0.3 is 10.4 Å². The summed E-state index contributed by atoms with van der Waals surface area (Å²) < 4.78 is 0. The summed E-state index contributed by atoms with van der Waals surface area (Å²) in [6, 6.07) is 14.8. The third-order valence-electron chi connectivity index (χ3n) is 2.99. The van der Waals surface area contributed by atoms with E-state index in [1.54, 1.807) is 12.1 Å². The quantitative estimate of drug-likeness (QED) is 0.849. The van der Waals surface area contributed by atoms with Gasteiger partial charge in [-0.2, -0.15) is 0 Å². The maximum absolute atomic E-state index is 12.2. The molecule has 0 unspecified atom stereocenters. The average Bonchev–Trinajstić information content (AvgIpc) is 2.50. The van der Waals surface area contributed by atoms with Crippen LogP contribution in [0.3, 0.4) is 0 Å².